The first-order chi connectivity index (χ1) is 13.7. The fourth-order valence-electron chi connectivity index (χ4n) is 3.01. The molecule has 2 heterocycles. The maximum atomic E-state index is 12.8. The van der Waals surface area contributed by atoms with E-state index in [-0.39, 0.29) is 18.2 Å². The fraction of sp³-hybridized carbons (Fsp3) is 0.500. The highest BCUT2D eigenvalue weighted by molar-refractivity contribution is 8.01. The maximum absolute atomic E-state index is 12.8. The van der Waals surface area contributed by atoms with Crippen LogP contribution in [0.5, 0.6) is 0 Å². The van der Waals surface area contributed by atoms with Gasteiger partial charge < -0.3 is 5.32 Å². The van der Waals surface area contributed by atoms with Gasteiger partial charge in [-0.3, -0.25) is 4.79 Å². The SMILES string of the molecule is CC(C)Sc1nnc(NC(=O)C2CCCN(S(=O)(=O)Cc3ccc(Cl)cc3)C2)s1. The van der Waals surface area contributed by atoms with Crippen LogP contribution in [0.15, 0.2) is 28.6 Å². The number of hydrogen-bond acceptors (Lipinski definition) is 7. The molecule has 0 aliphatic carbocycles. The molecule has 1 fully saturated rings. The van der Waals surface area contributed by atoms with Crippen molar-refractivity contribution in [2.45, 2.75) is 42.0 Å². The Morgan fingerprint density at radius 2 is 2.07 bits per heavy atom. The Bertz CT molecular complexity index is 948. The van der Waals surface area contributed by atoms with Crippen LogP contribution in [0, 0.1) is 5.92 Å². The molecule has 11 heteroatoms. The van der Waals surface area contributed by atoms with Gasteiger partial charge in [0.15, 0.2) is 4.34 Å². The van der Waals surface area contributed by atoms with E-state index in [4.69, 9.17) is 11.6 Å². The van der Waals surface area contributed by atoms with Crippen LogP contribution in [-0.2, 0) is 20.6 Å². The van der Waals surface area contributed by atoms with E-state index in [0.717, 1.165) is 4.34 Å². The van der Waals surface area contributed by atoms with E-state index < -0.39 is 15.9 Å². The number of hydrogen-bond donors (Lipinski definition) is 1. The summed E-state index contributed by atoms with van der Waals surface area (Å²) in [5, 5.41) is 12.2. The van der Waals surface area contributed by atoms with Gasteiger partial charge in [0, 0.05) is 23.4 Å². The zero-order chi connectivity index (χ0) is 21.0. The van der Waals surface area contributed by atoms with Gasteiger partial charge in [0.05, 0.1) is 11.7 Å². The number of piperidine rings is 1. The number of benzene rings is 1. The molecule has 1 aromatic carbocycles. The van der Waals surface area contributed by atoms with Gasteiger partial charge >= 0.3 is 0 Å². The summed E-state index contributed by atoms with van der Waals surface area (Å²) in [5.74, 6) is -0.729. The van der Waals surface area contributed by atoms with E-state index in [2.05, 4.69) is 29.4 Å². The minimum Gasteiger partial charge on any atom is -0.300 e. The van der Waals surface area contributed by atoms with Gasteiger partial charge in [-0.15, -0.1) is 10.2 Å². The lowest BCUT2D eigenvalue weighted by Gasteiger charge is -2.31. The number of amides is 1. The van der Waals surface area contributed by atoms with E-state index in [1.165, 1.54) is 15.6 Å². The van der Waals surface area contributed by atoms with Gasteiger partial charge in [-0.25, -0.2) is 12.7 Å². The zero-order valence-corrected chi connectivity index (χ0v) is 19.4. The summed E-state index contributed by atoms with van der Waals surface area (Å²) < 4.78 is 27.8. The highest BCUT2D eigenvalue weighted by Crippen LogP contribution is 2.29. The summed E-state index contributed by atoms with van der Waals surface area (Å²) in [7, 11) is -3.52. The van der Waals surface area contributed by atoms with Crippen molar-refractivity contribution in [3.05, 3.63) is 34.9 Å². The van der Waals surface area contributed by atoms with Crippen LogP contribution in [0.25, 0.3) is 0 Å². The second kappa shape index (κ2) is 9.74. The van der Waals surface area contributed by atoms with Crippen molar-refractivity contribution in [2.75, 3.05) is 18.4 Å². The van der Waals surface area contributed by atoms with E-state index in [1.54, 1.807) is 36.0 Å². The predicted octanol–water partition coefficient (Wildman–Crippen LogP) is 3.87. The molecule has 3 rings (SSSR count). The van der Waals surface area contributed by atoms with Crippen molar-refractivity contribution in [3.63, 3.8) is 0 Å². The molecule has 0 radical (unpaired) electrons. The molecule has 29 heavy (non-hydrogen) atoms. The third-order valence-electron chi connectivity index (χ3n) is 4.38. The quantitative estimate of drug-likeness (QED) is 0.483. The molecule has 158 valence electrons. The third-order valence-corrected chi connectivity index (χ3v) is 8.38. The molecule has 0 bridgehead atoms. The summed E-state index contributed by atoms with van der Waals surface area (Å²) >= 11 is 8.78. The minimum atomic E-state index is -3.52. The number of carbonyl (C=O) groups is 1. The van der Waals surface area contributed by atoms with Crippen LogP contribution in [-0.4, -0.2) is 47.2 Å². The zero-order valence-electron chi connectivity index (χ0n) is 16.2. The highest BCUT2D eigenvalue weighted by atomic mass is 35.5. The van der Waals surface area contributed by atoms with Gasteiger partial charge in [0.1, 0.15) is 0 Å². The number of carbonyl (C=O) groups excluding carboxylic acids is 1. The molecule has 1 aliphatic rings. The van der Waals surface area contributed by atoms with E-state index in [9.17, 15) is 13.2 Å². The molecule has 7 nitrogen and oxygen atoms in total. The first-order valence-electron chi connectivity index (χ1n) is 9.26. The number of nitrogens with zero attached hydrogens (tertiary/aromatic N) is 3. The Labute approximate surface area is 184 Å². The van der Waals surface area contributed by atoms with Crippen LogP contribution in [0.3, 0.4) is 0 Å². The van der Waals surface area contributed by atoms with Crippen LogP contribution < -0.4 is 5.32 Å². The molecule has 1 atom stereocenters. The van der Waals surface area contributed by atoms with Gasteiger partial charge in [-0.2, -0.15) is 0 Å². The molecular weight excluding hydrogens is 452 g/mol. The Kier molecular flexibility index (Phi) is 7.55. The minimum absolute atomic E-state index is 0.106. The molecule has 1 saturated heterocycles. The van der Waals surface area contributed by atoms with Crippen molar-refractivity contribution in [3.8, 4) is 0 Å². The Hall–Kier alpha value is -1.20. The van der Waals surface area contributed by atoms with Crippen LogP contribution >= 0.6 is 34.7 Å². The van der Waals surface area contributed by atoms with Crippen molar-refractivity contribution < 1.29 is 13.2 Å². The lowest BCUT2D eigenvalue weighted by Crippen LogP contribution is -2.44. The van der Waals surface area contributed by atoms with E-state index in [1.807, 2.05) is 0 Å². The molecule has 1 aliphatic heterocycles. The number of sulfonamides is 1. The average Bonchev–Trinajstić information content (AvgIpc) is 3.09. The first kappa shape index (κ1) is 22.5. The number of rotatable bonds is 7. The summed E-state index contributed by atoms with van der Waals surface area (Å²) in [6, 6.07) is 6.76. The summed E-state index contributed by atoms with van der Waals surface area (Å²) in [4.78, 5) is 12.7. The molecule has 1 amide bonds. The second-order valence-corrected chi connectivity index (χ2v) is 12.3. The van der Waals surface area contributed by atoms with Crippen molar-refractivity contribution in [2.24, 2.45) is 5.92 Å². The Balaban J connectivity index is 1.61. The maximum Gasteiger partial charge on any atom is 0.230 e. The van der Waals surface area contributed by atoms with Gasteiger partial charge in [0.2, 0.25) is 21.1 Å². The molecular formula is C18H23ClN4O3S3. The standard InChI is InChI=1S/C18H23ClN4O3S3/c1-12(2)27-18-22-21-17(28-18)20-16(24)14-4-3-9-23(10-14)29(25,26)11-13-5-7-15(19)8-6-13/h5-8,12,14H,3-4,9-11H2,1-2H3,(H,20,21,24). The average molecular weight is 475 g/mol. The molecule has 1 unspecified atom stereocenters. The molecule has 0 spiro atoms. The highest BCUT2D eigenvalue weighted by Gasteiger charge is 2.32. The lowest BCUT2D eigenvalue weighted by molar-refractivity contribution is -0.120. The van der Waals surface area contributed by atoms with Crippen molar-refractivity contribution in [1.82, 2.24) is 14.5 Å². The molecule has 1 aromatic heterocycles. The van der Waals surface area contributed by atoms with Gasteiger partial charge in [-0.1, -0.05) is 60.7 Å². The number of thioether (sulfide) groups is 1. The second-order valence-electron chi connectivity index (χ2n) is 7.11. The molecule has 0 saturated carbocycles. The predicted molar refractivity (Wildman–Crippen MR) is 118 cm³/mol. The van der Waals surface area contributed by atoms with Crippen molar-refractivity contribution in [1.29, 1.82) is 0 Å². The topological polar surface area (TPSA) is 92.3 Å². The third kappa shape index (κ3) is 6.39. The van der Waals surface area contributed by atoms with Gasteiger partial charge in [-0.05, 0) is 30.5 Å². The summed E-state index contributed by atoms with van der Waals surface area (Å²) in [6.45, 7) is 4.72. The lowest BCUT2D eigenvalue weighted by atomic mass is 9.99. The van der Waals surface area contributed by atoms with E-state index >= 15 is 0 Å². The largest absolute Gasteiger partial charge is 0.300 e. The Morgan fingerprint density at radius 3 is 2.76 bits per heavy atom. The van der Waals surface area contributed by atoms with Crippen LogP contribution in [0.4, 0.5) is 5.13 Å². The summed E-state index contributed by atoms with van der Waals surface area (Å²) in [5.41, 5.74) is 0.671. The molecule has 2 aromatic rings. The van der Waals surface area contributed by atoms with E-state index in [0.29, 0.717) is 40.4 Å². The van der Waals surface area contributed by atoms with Gasteiger partial charge in [0.25, 0.3) is 0 Å². The monoisotopic (exact) mass is 474 g/mol. The summed E-state index contributed by atoms with van der Waals surface area (Å²) in [6.07, 6.45) is 1.29. The van der Waals surface area contributed by atoms with Crippen molar-refractivity contribution >= 4 is 55.8 Å². The number of anilines is 1. The van der Waals surface area contributed by atoms with Crippen LogP contribution in [0.2, 0.25) is 5.02 Å². The number of nitrogens with one attached hydrogen (secondary N) is 1. The first-order valence-corrected chi connectivity index (χ1v) is 12.9. The number of aromatic nitrogens is 2. The Morgan fingerprint density at radius 1 is 1.34 bits per heavy atom. The number of halogens is 1. The smallest absolute Gasteiger partial charge is 0.230 e. The fourth-order valence-corrected chi connectivity index (χ4v) is 6.72. The molecule has 1 N–H and O–H groups in total. The normalized spacial score (nSPS) is 18.1. The van der Waals surface area contributed by atoms with Crippen LogP contribution in [0.1, 0.15) is 32.3 Å².